The van der Waals surface area contributed by atoms with Crippen molar-refractivity contribution in [2.45, 2.75) is 26.3 Å². The van der Waals surface area contributed by atoms with E-state index < -0.39 is 0 Å². The molecule has 9 heteroatoms. The van der Waals surface area contributed by atoms with Crippen LogP contribution in [0.2, 0.25) is 10.0 Å². The van der Waals surface area contributed by atoms with E-state index in [9.17, 15) is 4.79 Å². The highest BCUT2D eigenvalue weighted by Gasteiger charge is 2.31. The van der Waals surface area contributed by atoms with Gasteiger partial charge in [0, 0.05) is 54.4 Å². The molecular formula is C28H35Cl4N3O2. The van der Waals surface area contributed by atoms with Gasteiger partial charge in [-0.25, -0.2) is 0 Å². The van der Waals surface area contributed by atoms with Gasteiger partial charge in [-0.2, -0.15) is 0 Å². The lowest BCUT2D eigenvalue weighted by Gasteiger charge is -2.41. The minimum Gasteiger partial charge on any atom is -0.379 e. The molecular weight excluding hydrogens is 552 g/mol. The molecule has 2 aromatic rings. The standard InChI is InChI=1S/C28H33Cl2N3O2.2ClH/c1-21-5-6-23(15-22(21)2)16-27-20-32(8-4-3-7-31-11-13-35-14-12-31)9-10-33(27)28(34)24-17-25(29)19-26(30)18-24;;/h5-6,15,17-19,27H,7-14,16,20H2,1-2H3;2*1H/t27-;;/m1../s1. The van der Waals surface area contributed by atoms with Crippen molar-refractivity contribution in [3.63, 3.8) is 0 Å². The number of amides is 1. The molecule has 2 heterocycles. The van der Waals surface area contributed by atoms with Crippen LogP contribution < -0.4 is 0 Å². The van der Waals surface area contributed by atoms with Crippen LogP contribution in [-0.4, -0.2) is 85.7 Å². The summed E-state index contributed by atoms with van der Waals surface area (Å²) >= 11 is 12.4. The smallest absolute Gasteiger partial charge is 0.254 e. The molecule has 0 aromatic heterocycles. The Bertz CT molecular complexity index is 1090. The maximum atomic E-state index is 13.5. The molecule has 2 fully saturated rings. The summed E-state index contributed by atoms with van der Waals surface area (Å²) in [7, 11) is 0. The molecule has 0 spiro atoms. The molecule has 37 heavy (non-hydrogen) atoms. The number of rotatable bonds is 5. The number of nitrogens with zero attached hydrogens (tertiary/aromatic N) is 3. The minimum atomic E-state index is -0.0266. The Kier molecular flexibility index (Phi) is 13.0. The van der Waals surface area contributed by atoms with Crippen molar-refractivity contribution in [1.82, 2.24) is 14.7 Å². The van der Waals surface area contributed by atoms with Crippen molar-refractivity contribution >= 4 is 53.9 Å². The first kappa shape index (κ1) is 31.7. The molecule has 2 saturated heterocycles. The van der Waals surface area contributed by atoms with E-state index in [1.165, 1.54) is 16.7 Å². The van der Waals surface area contributed by atoms with Crippen molar-refractivity contribution in [3.05, 3.63) is 68.7 Å². The predicted octanol–water partition coefficient (Wildman–Crippen LogP) is 5.16. The molecule has 1 atom stereocenters. The molecule has 2 aromatic carbocycles. The second-order valence-electron chi connectivity index (χ2n) is 9.41. The zero-order valence-electron chi connectivity index (χ0n) is 21.3. The SMILES string of the molecule is Cc1ccc(C[C@@H]2CN(CC#CCN3CCOCC3)CCN2C(=O)c2cc(Cl)cc(Cl)c2)cc1C.Cl.Cl. The highest BCUT2D eigenvalue weighted by atomic mass is 35.5. The van der Waals surface area contributed by atoms with Gasteiger partial charge in [0.1, 0.15) is 0 Å². The number of hydrogen-bond acceptors (Lipinski definition) is 4. The number of hydrogen-bond donors (Lipinski definition) is 0. The molecule has 202 valence electrons. The van der Waals surface area contributed by atoms with Crippen LogP contribution in [0, 0.1) is 25.7 Å². The van der Waals surface area contributed by atoms with Gasteiger partial charge in [0.05, 0.1) is 26.3 Å². The Labute approximate surface area is 243 Å². The van der Waals surface area contributed by atoms with Crippen LogP contribution in [0.4, 0.5) is 0 Å². The van der Waals surface area contributed by atoms with Gasteiger partial charge in [-0.3, -0.25) is 14.6 Å². The summed E-state index contributed by atoms with van der Waals surface area (Å²) in [6.45, 7) is 11.4. The molecule has 2 aliphatic rings. The third-order valence-corrected chi connectivity index (χ3v) is 7.25. The Morgan fingerprint density at radius 2 is 1.54 bits per heavy atom. The van der Waals surface area contributed by atoms with E-state index >= 15 is 0 Å². The van der Waals surface area contributed by atoms with Crippen LogP contribution in [0.3, 0.4) is 0 Å². The Morgan fingerprint density at radius 1 is 0.892 bits per heavy atom. The topological polar surface area (TPSA) is 36.0 Å². The fourth-order valence-corrected chi connectivity index (χ4v) is 5.17. The number of piperazine rings is 1. The first-order valence-corrected chi connectivity index (χ1v) is 13.0. The van der Waals surface area contributed by atoms with Crippen LogP contribution in [0.5, 0.6) is 0 Å². The van der Waals surface area contributed by atoms with Crippen molar-refractivity contribution in [2.24, 2.45) is 0 Å². The summed E-state index contributed by atoms with van der Waals surface area (Å²) in [6, 6.07) is 11.7. The molecule has 2 aliphatic heterocycles. The first-order chi connectivity index (χ1) is 16.9. The van der Waals surface area contributed by atoms with Gasteiger partial charge in [0.2, 0.25) is 0 Å². The van der Waals surface area contributed by atoms with Crippen LogP contribution >= 0.6 is 48.0 Å². The quantitative estimate of drug-likeness (QED) is 0.454. The van der Waals surface area contributed by atoms with Gasteiger partial charge in [0.25, 0.3) is 5.91 Å². The van der Waals surface area contributed by atoms with Crippen LogP contribution in [0.1, 0.15) is 27.0 Å². The second kappa shape index (κ2) is 15.2. The molecule has 0 radical (unpaired) electrons. The highest BCUT2D eigenvalue weighted by Crippen LogP contribution is 2.24. The third kappa shape index (κ3) is 9.04. The van der Waals surface area contributed by atoms with E-state index in [-0.39, 0.29) is 36.8 Å². The number of halogens is 4. The Morgan fingerprint density at radius 3 is 2.19 bits per heavy atom. The van der Waals surface area contributed by atoms with Crippen molar-refractivity contribution < 1.29 is 9.53 Å². The number of ether oxygens (including phenoxy) is 1. The summed E-state index contributed by atoms with van der Waals surface area (Å²) in [4.78, 5) is 20.2. The minimum absolute atomic E-state index is 0. The Hall–Kier alpha value is -1.49. The molecule has 0 N–H and O–H groups in total. The van der Waals surface area contributed by atoms with Gasteiger partial charge in [0.15, 0.2) is 0 Å². The van der Waals surface area contributed by atoms with Crippen LogP contribution in [-0.2, 0) is 11.2 Å². The average Bonchev–Trinajstić information content (AvgIpc) is 2.84. The predicted molar refractivity (Wildman–Crippen MR) is 157 cm³/mol. The lowest BCUT2D eigenvalue weighted by molar-refractivity contribution is 0.0441. The lowest BCUT2D eigenvalue weighted by atomic mass is 9.98. The fourth-order valence-electron chi connectivity index (χ4n) is 4.65. The highest BCUT2D eigenvalue weighted by molar-refractivity contribution is 6.35. The number of carbonyl (C=O) groups excluding carboxylic acids is 1. The van der Waals surface area contributed by atoms with Crippen LogP contribution in [0.25, 0.3) is 0 Å². The number of morpholine rings is 1. The number of benzene rings is 2. The second-order valence-corrected chi connectivity index (χ2v) is 10.3. The number of carbonyl (C=O) groups is 1. The summed E-state index contributed by atoms with van der Waals surface area (Å²) in [5.74, 6) is 6.64. The van der Waals surface area contributed by atoms with E-state index in [0.717, 1.165) is 52.4 Å². The van der Waals surface area contributed by atoms with Crippen molar-refractivity contribution in [2.75, 3.05) is 59.0 Å². The molecule has 0 saturated carbocycles. The average molecular weight is 587 g/mol. The molecule has 1 amide bonds. The number of aryl methyl sites for hydroxylation is 2. The Balaban J connectivity index is 0.00000241. The zero-order valence-corrected chi connectivity index (χ0v) is 24.5. The summed E-state index contributed by atoms with van der Waals surface area (Å²) in [5.41, 5.74) is 4.31. The largest absolute Gasteiger partial charge is 0.379 e. The van der Waals surface area contributed by atoms with Gasteiger partial charge < -0.3 is 9.64 Å². The van der Waals surface area contributed by atoms with Gasteiger partial charge >= 0.3 is 0 Å². The van der Waals surface area contributed by atoms with E-state index in [1.807, 2.05) is 4.90 Å². The van der Waals surface area contributed by atoms with Crippen molar-refractivity contribution in [3.8, 4) is 11.8 Å². The van der Waals surface area contributed by atoms with Gasteiger partial charge in [-0.05, 0) is 55.2 Å². The molecule has 0 bridgehead atoms. The van der Waals surface area contributed by atoms with Crippen molar-refractivity contribution in [1.29, 1.82) is 0 Å². The van der Waals surface area contributed by atoms with Gasteiger partial charge in [-0.15, -0.1) is 24.8 Å². The van der Waals surface area contributed by atoms with E-state index in [4.69, 9.17) is 27.9 Å². The molecule has 0 aliphatic carbocycles. The van der Waals surface area contributed by atoms with E-state index in [2.05, 4.69) is 53.7 Å². The molecule has 0 unspecified atom stereocenters. The first-order valence-electron chi connectivity index (χ1n) is 12.2. The van der Waals surface area contributed by atoms with E-state index in [1.54, 1.807) is 18.2 Å². The van der Waals surface area contributed by atoms with E-state index in [0.29, 0.717) is 28.7 Å². The summed E-state index contributed by atoms with van der Waals surface area (Å²) in [5, 5.41) is 0.946. The van der Waals surface area contributed by atoms with Crippen LogP contribution in [0.15, 0.2) is 36.4 Å². The maximum Gasteiger partial charge on any atom is 0.254 e. The third-order valence-electron chi connectivity index (χ3n) is 6.81. The fraction of sp³-hybridized carbons (Fsp3) is 0.464. The van der Waals surface area contributed by atoms with Gasteiger partial charge in [-0.1, -0.05) is 53.2 Å². The maximum absolute atomic E-state index is 13.5. The lowest BCUT2D eigenvalue weighted by Crippen LogP contribution is -2.56. The molecule has 5 nitrogen and oxygen atoms in total. The molecule has 4 rings (SSSR count). The summed E-state index contributed by atoms with van der Waals surface area (Å²) in [6.07, 6.45) is 0.791. The zero-order chi connectivity index (χ0) is 24.8. The normalized spacial score (nSPS) is 18.3. The monoisotopic (exact) mass is 585 g/mol. The summed E-state index contributed by atoms with van der Waals surface area (Å²) < 4.78 is 5.41.